The van der Waals surface area contributed by atoms with Gasteiger partial charge in [0.2, 0.25) is 0 Å². The van der Waals surface area contributed by atoms with Crippen molar-refractivity contribution in [1.29, 1.82) is 0 Å². The van der Waals surface area contributed by atoms with Crippen molar-refractivity contribution in [2.45, 2.75) is 25.9 Å². The van der Waals surface area contributed by atoms with Crippen molar-refractivity contribution in [2.24, 2.45) is 0 Å². The van der Waals surface area contributed by atoms with Crippen LogP contribution in [0.4, 0.5) is 13.2 Å². The molecule has 0 fully saturated rings. The molecular weight excluding hydrogens is 251 g/mol. The molecule has 0 radical (unpaired) electrons. The molecule has 0 aliphatic heterocycles. The molecule has 0 saturated heterocycles. The van der Waals surface area contributed by atoms with E-state index in [0.717, 1.165) is 0 Å². The number of rotatable bonds is 5. The van der Waals surface area contributed by atoms with Crippen LogP contribution in [0, 0.1) is 0 Å². The molecule has 1 atom stereocenters. The zero-order valence-corrected chi connectivity index (χ0v) is 9.49. The van der Waals surface area contributed by atoms with Gasteiger partial charge < -0.3 is 15.2 Å². The summed E-state index contributed by atoms with van der Waals surface area (Å²) in [6, 6.07) is 4.49. The molecule has 18 heavy (non-hydrogen) atoms. The van der Waals surface area contributed by atoms with E-state index in [1.807, 2.05) is 0 Å². The van der Waals surface area contributed by atoms with Gasteiger partial charge in [0.05, 0.1) is 0 Å². The van der Waals surface area contributed by atoms with Gasteiger partial charge in [0.15, 0.2) is 0 Å². The maximum atomic E-state index is 11.9. The largest absolute Gasteiger partial charge is 0.573 e. The molecule has 7 heteroatoms. The molecule has 0 spiro atoms. The van der Waals surface area contributed by atoms with E-state index in [1.165, 1.54) is 31.2 Å². The quantitative estimate of drug-likeness (QED) is 0.854. The molecule has 0 amide bonds. The first kappa shape index (κ1) is 14.3. The van der Waals surface area contributed by atoms with Gasteiger partial charge in [-0.25, -0.2) is 0 Å². The number of carboxylic acid groups (broad SMARTS) is 1. The van der Waals surface area contributed by atoms with Crippen molar-refractivity contribution < 1.29 is 27.8 Å². The number of hydrogen-bond acceptors (Lipinski definition) is 3. The monoisotopic (exact) mass is 263 g/mol. The van der Waals surface area contributed by atoms with Gasteiger partial charge in [0.25, 0.3) is 0 Å². The molecule has 2 N–H and O–H groups in total. The van der Waals surface area contributed by atoms with Crippen LogP contribution in [0.25, 0.3) is 0 Å². The SMILES string of the molecule is C[C@H](NCc1ccc(OC(F)(F)F)cc1)C(=O)O. The summed E-state index contributed by atoms with van der Waals surface area (Å²) in [5.74, 6) is -1.30. The fraction of sp³-hybridized carbons (Fsp3) is 0.364. The molecule has 0 aromatic heterocycles. The number of nitrogens with one attached hydrogen (secondary N) is 1. The number of carboxylic acids is 1. The van der Waals surface area contributed by atoms with Gasteiger partial charge in [-0.15, -0.1) is 13.2 Å². The lowest BCUT2D eigenvalue weighted by Crippen LogP contribution is -2.33. The van der Waals surface area contributed by atoms with Crippen molar-refractivity contribution in [2.75, 3.05) is 0 Å². The van der Waals surface area contributed by atoms with Crippen LogP contribution in [0.2, 0.25) is 0 Å². The molecule has 0 heterocycles. The Morgan fingerprint density at radius 2 is 1.94 bits per heavy atom. The van der Waals surface area contributed by atoms with Crippen molar-refractivity contribution in [3.05, 3.63) is 29.8 Å². The number of carbonyl (C=O) groups is 1. The molecule has 0 unspecified atom stereocenters. The third-order valence-corrected chi connectivity index (χ3v) is 2.14. The number of benzene rings is 1. The summed E-state index contributed by atoms with van der Waals surface area (Å²) in [6.07, 6.45) is -4.71. The van der Waals surface area contributed by atoms with E-state index in [0.29, 0.717) is 5.56 Å². The van der Waals surface area contributed by atoms with E-state index < -0.39 is 18.4 Å². The molecule has 0 bridgehead atoms. The summed E-state index contributed by atoms with van der Waals surface area (Å²) in [5, 5.41) is 11.3. The summed E-state index contributed by atoms with van der Waals surface area (Å²) in [7, 11) is 0. The second-order valence-corrected chi connectivity index (χ2v) is 3.63. The van der Waals surface area contributed by atoms with Crippen LogP contribution < -0.4 is 10.1 Å². The molecule has 100 valence electrons. The minimum Gasteiger partial charge on any atom is -0.480 e. The number of halogens is 3. The van der Waals surface area contributed by atoms with E-state index in [2.05, 4.69) is 10.1 Å². The standard InChI is InChI=1S/C11H12F3NO3/c1-7(10(16)17)15-6-8-2-4-9(5-3-8)18-11(12,13)14/h2-5,7,15H,6H2,1H3,(H,16,17)/t7-/m0/s1. The average Bonchev–Trinajstić information content (AvgIpc) is 2.25. The van der Waals surface area contributed by atoms with E-state index in [-0.39, 0.29) is 12.3 Å². The Bertz CT molecular complexity index is 403. The van der Waals surface area contributed by atoms with Crippen LogP contribution in [0.5, 0.6) is 5.75 Å². The first-order valence-corrected chi connectivity index (χ1v) is 5.09. The lowest BCUT2D eigenvalue weighted by molar-refractivity contribution is -0.274. The average molecular weight is 263 g/mol. The predicted molar refractivity (Wildman–Crippen MR) is 57.1 cm³/mol. The lowest BCUT2D eigenvalue weighted by Gasteiger charge is -2.11. The fourth-order valence-corrected chi connectivity index (χ4v) is 1.17. The fourth-order valence-electron chi connectivity index (χ4n) is 1.17. The third-order valence-electron chi connectivity index (χ3n) is 2.14. The Balaban J connectivity index is 2.53. The molecule has 4 nitrogen and oxygen atoms in total. The molecule has 1 aromatic rings. The lowest BCUT2D eigenvalue weighted by atomic mass is 10.2. The smallest absolute Gasteiger partial charge is 0.480 e. The zero-order chi connectivity index (χ0) is 13.8. The zero-order valence-electron chi connectivity index (χ0n) is 9.49. The van der Waals surface area contributed by atoms with Crippen molar-refractivity contribution in [3.8, 4) is 5.75 Å². The van der Waals surface area contributed by atoms with Crippen LogP contribution in [0.15, 0.2) is 24.3 Å². The van der Waals surface area contributed by atoms with E-state index >= 15 is 0 Å². The first-order chi connectivity index (χ1) is 8.28. The van der Waals surface area contributed by atoms with Crippen molar-refractivity contribution >= 4 is 5.97 Å². The highest BCUT2D eigenvalue weighted by Gasteiger charge is 2.30. The molecular formula is C11H12F3NO3. The molecule has 1 rings (SSSR count). The Morgan fingerprint density at radius 1 is 1.39 bits per heavy atom. The van der Waals surface area contributed by atoms with Gasteiger partial charge in [0.1, 0.15) is 11.8 Å². The number of aliphatic carboxylic acids is 1. The minimum absolute atomic E-state index is 0.250. The van der Waals surface area contributed by atoms with Gasteiger partial charge in [-0.2, -0.15) is 0 Å². The highest BCUT2D eigenvalue weighted by molar-refractivity contribution is 5.72. The molecule has 0 aliphatic rings. The molecule has 0 saturated carbocycles. The van der Waals surface area contributed by atoms with Gasteiger partial charge in [0, 0.05) is 6.54 Å². The van der Waals surface area contributed by atoms with Gasteiger partial charge >= 0.3 is 12.3 Å². The summed E-state index contributed by atoms with van der Waals surface area (Å²) >= 11 is 0. The van der Waals surface area contributed by atoms with Crippen molar-refractivity contribution in [1.82, 2.24) is 5.32 Å². The van der Waals surface area contributed by atoms with Crippen LogP contribution in [0.3, 0.4) is 0 Å². The van der Waals surface area contributed by atoms with Gasteiger partial charge in [-0.1, -0.05) is 12.1 Å². The van der Waals surface area contributed by atoms with Gasteiger partial charge in [-0.3, -0.25) is 4.79 Å². The third kappa shape index (κ3) is 5.05. The summed E-state index contributed by atoms with van der Waals surface area (Å²) < 4.78 is 39.4. The van der Waals surface area contributed by atoms with Crippen LogP contribution in [-0.2, 0) is 11.3 Å². The summed E-state index contributed by atoms with van der Waals surface area (Å²) in [4.78, 5) is 10.5. The first-order valence-electron chi connectivity index (χ1n) is 5.09. The summed E-state index contributed by atoms with van der Waals surface area (Å²) in [6.45, 7) is 1.73. The molecule has 0 aliphatic carbocycles. The Hall–Kier alpha value is -1.76. The Morgan fingerprint density at radius 3 is 2.39 bits per heavy atom. The van der Waals surface area contributed by atoms with Crippen LogP contribution >= 0.6 is 0 Å². The highest BCUT2D eigenvalue weighted by atomic mass is 19.4. The van der Waals surface area contributed by atoms with Crippen LogP contribution in [-0.4, -0.2) is 23.5 Å². The number of hydrogen-bond donors (Lipinski definition) is 2. The normalized spacial score (nSPS) is 13.1. The van der Waals surface area contributed by atoms with E-state index in [9.17, 15) is 18.0 Å². The minimum atomic E-state index is -4.71. The van der Waals surface area contributed by atoms with Gasteiger partial charge in [-0.05, 0) is 24.6 Å². The predicted octanol–water partition coefficient (Wildman–Crippen LogP) is 2.15. The van der Waals surface area contributed by atoms with E-state index in [1.54, 1.807) is 0 Å². The topological polar surface area (TPSA) is 58.6 Å². The number of ether oxygens (including phenoxy) is 1. The second-order valence-electron chi connectivity index (χ2n) is 3.63. The molecule has 1 aromatic carbocycles. The maximum absolute atomic E-state index is 11.9. The highest BCUT2D eigenvalue weighted by Crippen LogP contribution is 2.22. The van der Waals surface area contributed by atoms with Crippen LogP contribution in [0.1, 0.15) is 12.5 Å². The number of alkyl halides is 3. The maximum Gasteiger partial charge on any atom is 0.573 e. The Kier molecular flexibility index (Phi) is 4.55. The van der Waals surface area contributed by atoms with Crippen molar-refractivity contribution in [3.63, 3.8) is 0 Å². The van der Waals surface area contributed by atoms with E-state index in [4.69, 9.17) is 5.11 Å². The summed E-state index contributed by atoms with van der Waals surface area (Å²) in [5.41, 5.74) is 0.664. The second kappa shape index (κ2) is 5.72. The Labute approximate surface area is 101 Å².